The van der Waals surface area contributed by atoms with Crippen molar-refractivity contribution in [3.05, 3.63) is 78.6 Å². The highest BCUT2D eigenvalue weighted by atomic mass is 16.1. The summed E-state index contributed by atoms with van der Waals surface area (Å²) in [4.78, 5) is 25.7. The van der Waals surface area contributed by atoms with Crippen LogP contribution in [0.1, 0.15) is 16.8 Å². The zero-order valence-corrected chi connectivity index (χ0v) is 17.6. The van der Waals surface area contributed by atoms with Crippen molar-refractivity contribution in [3.63, 3.8) is 0 Å². The van der Waals surface area contributed by atoms with Crippen LogP contribution in [-0.2, 0) is 0 Å². The average Bonchev–Trinajstić information content (AvgIpc) is 2.83. The SMILES string of the molecule is O=C(NCCCN1CCN(c2ccccc2)CC1)c1cccc(Nc2ncccn2)c1. The van der Waals surface area contributed by atoms with Crippen LogP contribution in [0.4, 0.5) is 17.3 Å². The molecule has 1 amide bonds. The molecular formula is C24H28N6O. The number of carbonyl (C=O) groups excluding carboxylic acids is 1. The Labute approximate surface area is 183 Å². The van der Waals surface area contributed by atoms with E-state index in [0.717, 1.165) is 44.8 Å². The number of rotatable bonds is 8. The third-order valence-electron chi connectivity index (χ3n) is 5.38. The molecule has 1 aromatic heterocycles. The van der Waals surface area contributed by atoms with E-state index in [4.69, 9.17) is 0 Å². The Morgan fingerprint density at radius 2 is 1.68 bits per heavy atom. The lowest BCUT2D eigenvalue weighted by atomic mass is 10.2. The van der Waals surface area contributed by atoms with Crippen LogP contribution in [0, 0.1) is 0 Å². The van der Waals surface area contributed by atoms with Gasteiger partial charge in [-0.3, -0.25) is 9.69 Å². The van der Waals surface area contributed by atoms with Crippen LogP contribution >= 0.6 is 0 Å². The fraction of sp³-hybridized carbons (Fsp3) is 0.292. The first-order valence-corrected chi connectivity index (χ1v) is 10.7. The van der Waals surface area contributed by atoms with Crippen molar-refractivity contribution >= 4 is 23.2 Å². The normalized spacial score (nSPS) is 14.3. The zero-order chi connectivity index (χ0) is 21.3. The van der Waals surface area contributed by atoms with Gasteiger partial charge in [-0.2, -0.15) is 0 Å². The van der Waals surface area contributed by atoms with Gasteiger partial charge >= 0.3 is 0 Å². The lowest BCUT2D eigenvalue weighted by Gasteiger charge is -2.36. The van der Waals surface area contributed by atoms with Crippen LogP contribution in [-0.4, -0.2) is 60.0 Å². The molecule has 31 heavy (non-hydrogen) atoms. The molecule has 0 spiro atoms. The molecule has 1 saturated heterocycles. The van der Waals surface area contributed by atoms with Crippen molar-refractivity contribution in [3.8, 4) is 0 Å². The molecule has 1 aliphatic heterocycles. The summed E-state index contributed by atoms with van der Waals surface area (Å²) in [6.45, 7) is 5.85. The summed E-state index contributed by atoms with van der Waals surface area (Å²) >= 11 is 0. The second-order valence-electron chi connectivity index (χ2n) is 7.55. The van der Waals surface area contributed by atoms with Gasteiger partial charge in [0.2, 0.25) is 5.95 Å². The molecule has 3 aromatic rings. The predicted octanol–water partition coefficient (Wildman–Crippen LogP) is 3.16. The van der Waals surface area contributed by atoms with Crippen molar-refractivity contribution in [1.29, 1.82) is 0 Å². The van der Waals surface area contributed by atoms with E-state index < -0.39 is 0 Å². The molecular weight excluding hydrogens is 388 g/mol. The molecule has 1 aliphatic rings. The number of hydrogen-bond donors (Lipinski definition) is 2. The minimum absolute atomic E-state index is 0.0634. The number of nitrogens with zero attached hydrogens (tertiary/aromatic N) is 4. The molecule has 0 atom stereocenters. The van der Waals surface area contributed by atoms with Crippen molar-refractivity contribution in [2.45, 2.75) is 6.42 Å². The fourth-order valence-electron chi connectivity index (χ4n) is 3.71. The van der Waals surface area contributed by atoms with Crippen molar-refractivity contribution < 1.29 is 4.79 Å². The van der Waals surface area contributed by atoms with Gasteiger partial charge in [0.25, 0.3) is 5.91 Å². The van der Waals surface area contributed by atoms with Crippen LogP contribution in [0.25, 0.3) is 0 Å². The molecule has 1 fully saturated rings. The molecule has 160 valence electrons. The van der Waals surface area contributed by atoms with Gasteiger partial charge < -0.3 is 15.5 Å². The Bertz CT molecular complexity index is 958. The van der Waals surface area contributed by atoms with Crippen LogP contribution in [0.3, 0.4) is 0 Å². The highest BCUT2D eigenvalue weighted by Gasteiger charge is 2.16. The Kier molecular flexibility index (Phi) is 7.08. The van der Waals surface area contributed by atoms with E-state index in [1.54, 1.807) is 18.5 Å². The molecule has 2 N–H and O–H groups in total. The van der Waals surface area contributed by atoms with Gasteiger partial charge in [0, 0.05) is 62.1 Å². The Hall–Kier alpha value is -3.45. The summed E-state index contributed by atoms with van der Waals surface area (Å²) < 4.78 is 0. The summed E-state index contributed by atoms with van der Waals surface area (Å²) in [5, 5.41) is 6.14. The maximum atomic E-state index is 12.5. The van der Waals surface area contributed by atoms with E-state index in [-0.39, 0.29) is 5.91 Å². The minimum Gasteiger partial charge on any atom is -0.369 e. The first kappa shape index (κ1) is 20.8. The van der Waals surface area contributed by atoms with Gasteiger partial charge in [-0.25, -0.2) is 9.97 Å². The first-order chi connectivity index (χ1) is 15.3. The molecule has 0 saturated carbocycles. The number of amides is 1. The van der Waals surface area contributed by atoms with E-state index >= 15 is 0 Å². The summed E-state index contributed by atoms with van der Waals surface area (Å²) in [7, 11) is 0. The quantitative estimate of drug-likeness (QED) is 0.550. The standard InChI is InChI=1S/C24H28N6O/c31-23(20-7-4-8-21(19-20)28-24-26-11-5-12-27-24)25-13-6-14-29-15-17-30(18-16-29)22-9-2-1-3-10-22/h1-5,7-12,19H,6,13-18H2,(H,25,31)(H,26,27,28). The maximum absolute atomic E-state index is 12.5. The lowest BCUT2D eigenvalue weighted by Crippen LogP contribution is -2.47. The Balaban J connectivity index is 1.18. The minimum atomic E-state index is -0.0634. The lowest BCUT2D eigenvalue weighted by molar-refractivity contribution is 0.0951. The van der Waals surface area contributed by atoms with Gasteiger partial charge in [0.05, 0.1) is 0 Å². The maximum Gasteiger partial charge on any atom is 0.251 e. The monoisotopic (exact) mass is 416 g/mol. The smallest absolute Gasteiger partial charge is 0.251 e. The number of carbonyl (C=O) groups is 1. The van der Waals surface area contributed by atoms with Gasteiger partial charge in [-0.05, 0) is 49.4 Å². The van der Waals surface area contributed by atoms with Crippen molar-refractivity contribution in [2.24, 2.45) is 0 Å². The highest BCUT2D eigenvalue weighted by Crippen LogP contribution is 2.16. The van der Waals surface area contributed by atoms with Crippen LogP contribution in [0.15, 0.2) is 73.1 Å². The number of piperazine rings is 1. The third-order valence-corrected chi connectivity index (χ3v) is 5.38. The van der Waals surface area contributed by atoms with E-state index in [1.165, 1.54) is 5.69 Å². The molecule has 7 nitrogen and oxygen atoms in total. The Morgan fingerprint density at radius 3 is 2.45 bits per heavy atom. The number of anilines is 3. The summed E-state index contributed by atoms with van der Waals surface area (Å²) in [6.07, 6.45) is 4.29. The summed E-state index contributed by atoms with van der Waals surface area (Å²) in [5.74, 6) is 0.443. The van der Waals surface area contributed by atoms with E-state index in [0.29, 0.717) is 18.1 Å². The molecule has 0 bridgehead atoms. The van der Waals surface area contributed by atoms with Gasteiger partial charge in [-0.15, -0.1) is 0 Å². The molecule has 0 aliphatic carbocycles. The number of benzene rings is 2. The van der Waals surface area contributed by atoms with Crippen molar-refractivity contribution in [1.82, 2.24) is 20.2 Å². The number of para-hydroxylation sites is 1. The van der Waals surface area contributed by atoms with Crippen LogP contribution in [0.2, 0.25) is 0 Å². The topological polar surface area (TPSA) is 73.4 Å². The molecule has 2 heterocycles. The number of hydrogen-bond acceptors (Lipinski definition) is 6. The largest absolute Gasteiger partial charge is 0.369 e. The van der Waals surface area contributed by atoms with Gasteiger partial charge in [0.1, 0.15) is 0 Å². The fourth-order valence-corrected chi connectivity index (χ4v) is 3.71. The van der Waals surface area contributed by atoms with Crippen molar-refractivity contribution in [2.75, 3.05) is 49.5 Å². The molecule has 0 unspecified atom stereocenters. The summed E-state index contributed by atoms with van der Waals surface area (Å²) in [6, 6.07) is 19.7. The average molecular weight is 417 g/mol. The first-order valence-electron chi connectivity index (χ1n) is 10.7. The molecule has 0 radical (unpaired) electrons. The predicted molar refractivity (Wildman–Crippen MR) is 124 cm³/mol. The number of nitrogens with one attached hydrogen (secondary N) is 2. The van der Waals surface area contributed by atoms with Crippen LogP contribution in [0.5, 0.6) is 0 Å². The van der Waals surface area contributed by atoms with E-state index in [9.17, 15) is 4.79 Å². The second-order valence-corrected chi connectivity index (χ2v) is 7.55. The third kappa shape index (κ3) is 6.02. The number of aromatic nitrogens is 2. The summed E-state index contributed by atoms with van der Waals surface area (Å²) in [5.41, 5.74) is 2.71. The second kappa shape index (κ2) is 10.5. The van der Waals surface area contributed by atoms with Gasteiger partial charge in [-0.1, -0.05) is 24.3 Å². The van der Waals surface area contributed by atoms with Crippen LogP contribution < -0.4 is 15.5 Å². The highest BCUT2D eigenvalue weighted by molar-refractivity contribution is 5.95. The van der Waals surface area contributed by atoms with E-state index in [1.807, 2.05) is 24.3 Å². The zero-order valence-electron chi connectivity index (χ0n) is 17.6. The molecule has 2 aromatic carbocycles. The van der Waals surface area contributed by atoms with Gasteiger partial charge in [0.15, 0.2) is 0 Å². The molecule has 7 heteroatoms. The molecule has 4 rings (SSSR count). The Morgan fingerprint density at radius 1 is 0.903 bits per heavy atom. The van der Waals surface area contributed by atoms with E-state index in [2.05, 4.69) is 60.7 Å².